The summed E-state index contributed by atoms with van der Waals surface area (Å²) in [7, 11) is -3.66. The van der Waals surface area contributed by atoms with E-state index in [9.17, 15) is 17.6 Å². The fourth-order valence-electron chi connectivity index (χ4n) is 5.05. The first kappa shape index (κ1) is 20.2. The highest BCUT2D eigenvalue weighted by Crippen LogP contribution is 2.35. The van der Waals surface area contributed by atoms with Crippen molar-refractivity contribution in [3.63, 3.8) is 0 Å². The fourth-order valence-corrected chi connectivity index (χ4v) is 6.28. The van der Waals surface area contributed by atoms with Crippen molar-refractivity contribution in [3.05, 3.63) is 65.0 Å². The Morgan fingerprint density at radius 3 is 2.58 bits per heavy atom. The Morgan fingerprint density at radius 1 is 1.06 bits per heavy atom. The summed E-state index contributed by atoms with van der Waals surface area (Å²) in [4.78, 5) is 17.3. The van der Waals surface area contributed by atoms with Gasteiger partial charge in [0.05, 0.1) is 6.04 Å². The van der Waals surface area contributed by atoms with Crippen LogP contribution in [0.4, 0.5) is 4.39 Å². The minimum absolute atomic E-state index is 0.0578. The third-order valence-electron chi connectivity index (χ3n) is 6.69. The zero-order chi connectivity index (χ0) is 21.8. The Balaban J connectivity index is 1.30. The summed E-state index contributed by atoms with van der Waals surface area (Å²) in [6.07, 6.45) is 1.90. The predicted octanol–water partition coefficient (Wildman–Crippen LogP) is 3.13. The highest BCUT2D eigenvalue weighted by molar-refractivity contribution is 7.90. The molecule has 0 saturated carbocycles. The molecule has 0 radical (unpaired) electrons. The molecule has 8 heteroatoms. The van der Waals surface area contributed by atoms with Crippen molar-refractivity contribution in [2.75, 3.05) is 19.6 Å². The zero-order valence-electron chi connectivity index (χ0n) is 17.3. The van der Waals surface area contributed by atoms with E-state index in [1.54, 1.807) is 35.2 Å². The smallest absolute Gasteiger partial charge is 0.285 e. The summed E-state index contributed by atoms with van der Waals surface area (Å²) >= 11 is 0. The average molecular weight is 442 g/mol. The monoisotopic (exact) mass is 441 g/mol. The second-order valence-corrected chi connectivity index (χ2v) is 9.99. The summed E-state index contributed by atoms with van der Waals surface area (Å²) in [5.41, 5.74) is 2.23. The Bertz CT molecular complexity index is 1190. The van der Waals surface area contributed by atoms with E-state index in [1.807, 2.05) is 17.9 Å². The molecule has 0 bridgehead atoms. The molecule has 3 aliphatic rings. The van der Waals surface area contributed by atoms with Crippen molar-refractivity contribution in [3.8, 4) is 0 Å². The first-order chi connectivity index (χ1) is 14.9. The lowest BCUT2D eigenvalue weighted by molar-refractivity contribution is -0.139. The van der Waals surface area contributed by atoms with Crippen LogP contribution >= 0.6 is 0 Å². The molecule has 1 amide bonds. The second kappa shape index (κ2) is 7.44. The lowest BCUT2D eigenvalue weighted by Gasteiger charge is -2.40. The van der Waals surface area contributed by atoms with Gasteiger partial charge in [0.15, 0.2) is 5.84 Å². The van der Waals surface area contributed by atoms with Gasteiger partial charge in [0.25, 0.3) is 10.0 Å². The van der Waals surface area contributed by atoms with Gasteiger partial charge in [-0.05, 0) is 49.9 Å². The van der Waals surface area contributed by atoms with Gasteiger partial charge in [0, 0.05) is 36.7 Å². The molecule has 0 N–H and O–H groups in total. The van der Waals surface area contributed by atoms with Gasteiger partial charge in [-0.2, -0.15) is 8.42 Å². The highest BCUT2D eigenvalue weighted by atomic mass is 32.2. The molecule has 162 valence electrons. The Morgan fingerprint density at radius 2 is 1.81 bits per heavy atom. The number of carbonyl (C=O) groups excluding carboxylic acids is 1. The van der Waals surface area contributed by atoms with Crippen molar-refractivity contribution in [2.24, 2.45) is 10.3 Å². The minimum atomic E-state index is -3.66. The van der Waals surface area contributed by atoms with E-state index in [-0.39, 0.29) is 28.6 Å². The molecule has 3 heterocycles. The van der Waals surface area contributed by atoms with Crippen LogP contribution < -0.4 is 0 Å². The SMILES string of the molecule is CC1c2c(F)cccc2CCN1C(=O)C1CCN(C2=NS(=O)(=O)c3ccccc32)CC1. The quantitative estimate of drug-likeness (QED) is 0.682. The summed E-state index contributed by atoms with van der Waals surface area (Å²) in [5, 5.41) is 0. The molecule has 3 aliphatic heterocycles. The first-order valence-electron chi connectivity index (χ1n) is 10.6. The number of fused-ring (bicyclic) bond motifs is 2. The molecule has 2 aromatic rings. The summed E-state index contributed by atoms with van der Waals surface area (Å²) in [6.45, 7) is 3.61. The molecular formula is C23H24FN3O3S. The van der Waals surface area contributed by atoms with Crippen LogP contribution in [0.5, 0.6) is 0 Å². The van der Waals surface area contributed by atoms with Gasteiger partial charge < -0.3 is 9.80 Å². The van der Waals surface area contributed by atoms with Gasteiger partial charge >= 0.3 is 0 Å². The van der Waals surface area contributed by atoms with Crippen molar-refractivity contribution < 1.29 is 17.6 Å². The number of amidine groups is 1. The maximum absolute atomic E-state index is 14.4. The van der Waals surface area contributed by atoms with Crippen LogP contribution in [0, 0.1) is 11.7 Å². The lowest BCUT2D eigenvalue weighted by Crippen LogP contribution is -2.47. The molecule has 31 heavy (non-hydrogen) atoms. The van der Waals surface area contributed by atoms with Crippen LogP contribution in [0.2, 0.25) is 0 Å². The second-order valence-electron chi connectivity index (χ2n) is 8.42. The summed E-state index contributed by atoms with van der Waals surface area (Å²) in [5.74, 6) is 0.128. The zero-order valence-corrected chi connectivity index (χ0v) is 18.1. The van der Waals surface area contributed by atoms with E-state index in [4.69, 9.17) is 0 Å². The van der Waals surface area contributed by atoms with E-state index in [0.717, 1.165) is 5.56 Å². The standard InChI is InChI=1S/C23H24FN3O3S/c1-15-21-16(5-4-7-19(21)24)11-14-27(15)23(28)17-9-12-26(13-10-17)22-18-6-2-3-8-20(18)31(29,30)25-22/h2-8,15,17H,9-14H2,1H3. The van der Waals surface area contributed by atoms with Crippen LogP contribution in [0.15, 0.2) is 51.8 Å². The van der Waals surface area contributed by atoms with E-state index in [1.165, 1.54) is 6.07 Å². The Hall–Kier alpha value is -2.74. The largest absolute Gasteiger partial charge is 0.355 e. The lowest BCUT2D eigenvalue weighted by atomic mass is 9.89. The van der Waals surface area contributed by atoms with Gasteiger partial charge in [0.1, 0.15) is 10.7 Å². The Labute approximate surface area is 181 Å². The van der Waals surface area contributed by atoms with Gasteiger partial charge in [-0.25, -0.2) is 4.39 Å². The number of likely N-dealkylation sites (tertiary alicyclic amines) is 1. The van der Waals surface area contributed by atoms with Crippen molar-refractivity contribution in [2.45, 2.75) is 37.1 Å². The highest BCUT2D eigenvalue weighted by Gasteiger charge is 2.37. The number of rotatable bonds is 1. The topological polar surface area (TPSA) is 70.1 Å². The molecule has 1 fully saturated rings. The number of amides is 1. The number of hydrogen-bond acceptors (Lipinski definition) is 4. The van der Waals surface area contributed by atoms with Gasteiger partial charge in [-0.15, -0.1) is 4.40 Å². The van der Waals surface area contributed by atoms with Crippen molar-refractivity contribution >= 4 is 21.8 Å². The van der Waals surface area contributed by atoms with Crippen LogP contribution in [-0.2, 0) is 21.2 Å². The third kappa shape index (κ3) is 3.33. The van der Waals surface area contributed by atoms with Crippen LogP contribution in [0.3, 0.4) is 0 Å². The molecular weight excluding hydrogens is 417 g/mol. The van der Waals surface area contributed by atoms with Crippen LogP contribution in [0.1, 0.15) is 42.5 Å². The van der Waals surface area contributed by atoms with Gasteiger partial charge in [-0.3, -0.25) is 4.79 Å². The molecule has 6 nitrogen and oxygen atoms in total. The fraction of sp³-hybridized carbons (Fsp3) is 0.391. The predicted molar refractivity (Wildman–Crippen MR) is 115 cm³/mol. The first-order valence-corrected chi connectivity index (χ1v) is 12.1. The number of sulfonamides is 1. The van der Waals surface area contributed by atoms with Crippen LogP contribution in [-0.4, -0.2) is 49.6 Å². The normalized spacial score (nSPS) is 22.6. The molecule has 5 rings (SSSR count). The maximum Gasteiger partial charge on any atom is 0.285 e. The number of benzene rings is 2. The van der Waals surface area contributed by atoms with E-state index in [0.29, 0.717) is 55.9 Å². The molecule has 0 aromatic heterocycles. The van der Waals surface area contributed by atoms with Crippen molar-refractivity contribution in [1.29, 1.82) is 0 Å². The number of nitrogens with zero attached hydrogens (tertiary/aromatic N) is 3. The minimum Gasteiger partial charge on any atom is -0.355 e. The summed E-state index contributed by atoms with van der Waals surface area (Å²) in [6, 6.07) is 11.7. The average Bonchev–Trinajstić information content (AvgIpc) is 3.05. The van der Waals surface area contributed by atoms with E-state index >= 15 is 0 Å². The number of hydrogen-bond donors (Lipinski definition) is 0. The van der Waals surface area contributed by atoms with E-state index in [2.05, 4.69) is 4.40 Å². The molecule has 1 saturated heterocycles. The van der Waals surface area contributed by atoms with Crippen LogP contribution in [0.25, 0.3) is 0 Å². The third-order valence-corrected chi connectivity index (χ3v) is 8.01. The van der Waals surface area contributed by atoms with Gasteiger partial charge in [-0.1, -0.05) is 24.3 Å². The summed E-state index contributed by atoms with van der Waals surface area (Å²) < 4.78 is 43.1. The van der Waals surface area contributed by atoms with Crippen molar-refractivity contribution in [1.82, 2.24) is 9.80 Å². The number of carbonyl (C=O) groups is 1. The molecule has 0 spiro atoms. The van der Waals surface area contributed by atoms with Gasteiger partial charge in [0.2, 0.25) is 5.91 Å². The maximum atomic E-state index is 14.4. The molecule has 1 unspecified atom stereocenters. The molecule has 2 aromatic carbocycles. The number of piperidine rings is 1. The molecule has 1 atom stereocenters. The Kier molecular flexibility index (Phi) is 4.84. The van der Waals surface area contributed by atoms with E-state index < -0.39 is 10.0 Å². The molecule has 0 aliphatic carbocycles. The number of halogens is 1.